The Kier molecular flexibility index (Phi) is 8.86. The molecule has 1 aromatic carbocycles. The molecule has 0 aliphatic heterocycles. The van der Waals surface area contributed by atoms with Gasteiger partial charge in [-0.25, -0.2) is 9.67 Å². The van der Waals surface area contributed by atoms with Gasteiger partial charge in [0.2, 0.25) is 0 Å². The van der Waals surface area contributed by atoms with Crippen molar-refractivity contribution in [1.82, 2.24) is 24.7 Å². The highest BCUT2D eigenvalue weighted by Gasteiger charge is 2.15. The summed E-state index contributed by atoms with van der Waals surface area (Å²) in [5.74, 6) is 1.22. The largest absolute Gasteiger partial charge is 0.490 e. The second-order valence-electron chi connectivity index (χ2n) is 7.10. The van der Waals surface area contributed by atoms with Crippen LogP contribution in [0.15, 0.2) is 48.9 Å². The first-order valence-electron chi connectivity index (χ1n) is 11.3. The Morgan fingerprint density at radius 3 is 2.61 bits per heavy atom. The summed E-state index contributed by atoms with van der Waals surface area (Å²) in [5.41, 5.74) is 4.13. The van der Waals surface area contributed by atoms with Crippen molar-refractivity contribution in [3.8, 4) is 22.8 Å². The zero-order chi connectivity index (χ0) is 23.6. The molecule has 0 atom stereocenters. The first kappa shape index (κ1) is 24.3. The Labute approximate surface area is 194 Å². The number of methoxy groups -OCH3 is 1. The third-order valence-electron chi connectivity index (χ3n) is 4.86. The molecule has 33 heavy (non-hydrogen) atoms. The van der Waals surface area contributed by atoms with E-state index in [1.165, 1.54) is 6.20 Å². The van der Waals surface area contributed by atoms with Gasteiger partial charge in [0.25, 0.3) is 0 Å². The maximum atomic E-state index is 9.43. The van der Waals surface area contributed by atoms with Crippen LogP contribution in [0.1, 0.15) is 38.6 Å². The number of ether oxygens (including phenoxy) is 2. The molecule has 0 amide bonds. The number of pyridine rings is 1. The van der Waals surface area contributed by atoms with Crippen LogP contribution in [0.4, 0.5) is 0 Å². The van der Waals surface area contributed by atoms with E-state index in [-0.39, 0.29) is 6.61 Å². The van der Waals surface area contributed by atoms with Gasteiger partial charge < -0.3 is 14.6 Å². The van der Waals surface area contributed by atoms with E-state index in [9.17, 15) is 5.11 Å². The maximum absolute atomic E-state index is 9.43. The van der Waals surface area contributed by atoms with Crippen molar-refractivity contribution in [1.29, 1.82) is 0 Å². The standard InChI is InChI=1S/C23H25N5O3.C2H6/c1-3-5-17-6-4-7-20(26-17)16-10-21-19(22(11-16)31-9-8-30-2)13-25-28(21)23-14-24-12-18(15-29)27-23;1-2/h4,6-7,10-14,29H,3,5,8-9,15H2,1-2H3;1-2H3. The molecule has 4 rings (SSSR count). The van der Waals surface area contributed by atoms with Crippen LogP contribution in [-0.2, 0) is 17.8 Å². The van der Waals surface area contributed by atoms with Crippen molar-refractivity contribution in [2.24, 2.45) is 0 Å². The Hall–Kier alpha value is -3.36. The summed E-state index contributed by atoms with van der Waals surface area (Å²) in [6, 6.07) is 10.1. The number of nitrogens with zero attached hydrogens (tertiary/aromatic N) is 5. The van der Waals surface area contributed by atoms with Crippen LogP contribution in [0.2, 0.25) is 0 Å². The molecule has 174 valence electrons. The highest BCUT2D eigenvalue weighted by Crippen LogP contribution is 2.33. The van der Waals surface area contributed by atoms with Crippen molar-refractivity contribution in [3.63, 3.8) is 0 Å². The molecule has 8 heteroatoms. The van der Waals surface area contributed by atoms with Gasteiger partial charge in [-0.2, -0.15) is 5.10 Å². The summed E-state index contributed by atoms with van der Waals surface area (Å²) in [5, 5.41) is 14.8. The van der Waals surface area contributed by atoms with Crippen LogP contribution >= 0.6 is 0 Å². The van der Waals surface area contributed by atoms with Gasteiger partial charge in [0.1, 0.15) is 12.4 Å². The molecule has 0 bridgehead atoms. The van der Waals surface area contributed by atoms with Gasteiger partial charge in [0.05, 0.1) is 54.1 Å². The summed E-state index contributed by atoms with van der Waals surface area (Å²) in [6.07, 6.45) is 6.85. The summed E-state index contributed by atoms with van der Waals surface area (Å²) < 4.78 is 12.8. The number of fused-ring (bicyclic) bond motifs is 1. The molecule has 0 spiro atoms. The summed E-state index contributed by atoms with van der Waals surface area (Å²) in [7, 11) is 1.64. The predicted octanol–water partition coefficient (Wildman–Crippen LogP) is 4.37. The molecule has 3 aromatic heterocycles. The van der Waals surface area contributed by atoms with E-state index < -0.39 is 0 Å². The van der Waals surface area contributed by atoms with E-state index in [1.807, 2.05) is 44.2 Å². The van der Waals surface area contributed by atoms with E-state index >= 15 is 0 Å². The smallest absolute Gasteiger partial charge is 0.172 e. The fourth-order valence-corrected chi connectivity index (χ4v) is 3.39. The molecular weight excluding hydrogens is 418 g/mol. The van der Waals surface area contributed by atoms with Crippen molar-refractivity contribution in [2.75, 3.05) is 20.3 Å². The maximum Gasteiger partial charge on any atom is 0.172 e. The third kappa shape index (κ3) is 5.71. The Bertz CT molecular complexity index is 1180. The Balaban J connectivity index is 0.00000149. The van der Waals surface area contributed by atoms with Gasteiger partial charge in [0.15, 0.2) is 5.82 Å². The quantitative estimate of drug-likeness (QED) is 0.379. The van der Waals surface area contributed by atoms with Crippen molar-refractivity contribution < 1.29 is 14.6 Å². The number of aliphatic hydroxyl groups is 1. The van der Waals surface area contributed by atoms with Gasteiger partial charge in [-0.3, -0.25) is 9.97 Å². The number of aromatic nitrogens is 5. The van der Waals surface area contributed by atoms with Crippen molar-refractivity contribution >= 4 is 10.9 Å². The lowest BCUT2D eigenvalue weighted by Gasteiger charge is -2.11. The van der Waals surface area contributed by atoms with Crippen LogP contribution in [0.5, 0.6) is 5.75 Å². The highest BCUT2D eigenvalue weighted by molar-refractivity contribution is 5.90. The van der Waals surface area contributed by atoms with E-state index in [0.29, 0.717) is 30.5 Å². The first-order chi connectivity index (χ1) is 16.2. The zero-order valence-corrected chi connectivity index (χ0v) is 19.7. The summed E-state index contributed by atoms with van der Waals surface area (Å²) >= 11 is 0. The minimum atomic E-state index is -0.190. The van der Waals surface area contributed by atoms with E-state index in [4.69, 9.17) is 14.5 Å². The molecule has 8 nitrogen and oxygen atoms in total. The highest BCUT2D eigenvalue weighted by atomic mass is 16.5. The zero-order valence-electron chi connectivity index (χ0n) is 19.7. The third-order valence-corrected chi connectivity index (χ3v) is 4.86. The second-order valence-corrected chi connectivity index (χ2v) is 7.10. The monoisotopic (exact) mass is 449 g/mol. The van der Waals surface area contributed by atoms with Crippen LogP contribution < -0.4 is 4.74 Å². The van der Waals surface area contributed by atoms with Gasteiger partial charge in [-0.1, -0.05) is 33.3 Å². The average Bonchev–Trinajstić information content (AvgIpc) is 3.30. The minimum absolute atomic E-state index is 0.190. The molecule has 3 heterocycles. The van der Waals surface area contributed by atoms with Crippen molar-refractivity contribution in [2.45, 2.75) is 40.2 Å². The first-order valence-corrected chi connectivity index (χ1v) is 11.3. The Morgan fingerprint density at radius 2 is 1.85 bits per heavy atom. The topological polar surface area (TPSA) is 95.2 Å². The number of benzene rings is 1. The lowest BCUT2D eigenvalue weighted by Crippen LogP contribution is -2.05. The molecule has 0 fully saturated rings. The van der Waals surface area contributed by atoms with Crippen LogP contribution in [-0.4, -0.2) is 50.2 Å². The molecule has 0 aliphatic carbocycles. The van der Waals surface area contributed by atoms with Crippen LogP contribution in [0.25, 0.3) is 28.0 Å². The SMILES string of the molecule is CC.CCCc1cccc(-c2cc(OCCOC)c3cnn(-c4cncc(CO)n4)c3c2)n1. The number of aryl methyl sites for hydroxylation is 1. The molecule has 1 N–H and O–H groups in total. The lowest BCUT2D eigenvalue weighted by molar-refractivity contribution is 0.147. The molecule has 4 aromatic rings. The van der Waals surface area contributed by atoms with E-state index in [2.05, 4.69) is 22.0 Å². The molecule has 0 aliphatic rings. The van der Waals surface area contributed by atoms with E-state index in [0.717, 1.165) is 40.7 Å². The van der Waals surface area contributed by atoms with Gasteiger partial charge in [-0.15, -0.1) is 0 Å². The molecule has 0 saturated heterocycles. The fraction of sp³-hybridized carbons (Fsp3) is 0.360. The molecular formula is C25H31N5O3. The number of hydrogen-bond acceptors (Lipinski definition) is 7. The van der Waals surface area contributed by atoms with Gasteiger partial charge in [0, 0.05) is 18.4 Å². The Morgan fingerprint density at radius 1 is 1.00 bits per heavy atom. The molecule has 0 unspecified atom stereocenters. The van der Waals surface area contributed by atoms with Crippen LogP contribution in [0.3, 0.4) is 0 Å². The average molecular weight is 450 g/mol. The predicted molar refractivity (Wildman–Crippen MR) is 129 cm³/mol. The fourth-order valence-electron chi connectivity index (χ4n) is 3.39. The number of rotatable bonds is 9. The number of aliphatic hydroxyl groups excluding tert-OH is 1. The minimum Gasteiger partial charge on any atom is -0.490 e. The molecule has 0 saturated carbocycles. The van der Waals surface area contributed by atoms with Crippen LogP contribution in [0, 0.1) is 0 Å². The van der Waals surface area contributed by atoms with Gasteiger partial charge in [-0.05, 0) is 30.7 Å². The summed E-state index contributed by atoms with van der Waals surface area (Å²) in [4.78, 5) is 13.4. The van der Waals surface area contributed by atoms with Crippen molar-refractivity contribution in [3.05, 3.63) is 60.3 Å². The normalized spacial score (nSPS) is 10.7. The second kappa shape index (κ2) is 12.0. The molecule has 0 radical (unpaired) electrons. The van der Waals surface area contributed by atoms with E-state index in [1.54, 1.807) is 24.2 Å². The lowest BCUT2D eigenvalue weighted by atomic mass is 10.1. The number of hydrogen-bond donors (Lipinski definition) is 1. The summed E-state index contributed by atoms with van der Waals surface area (Å²) in [6.45, 7) is 6.85. The van der Waals surface area contributed by atoms with Gasteiger partial charge >= 0.3 is 0 Å².